The van der Waals surface area contributed by atoms with Crippen molar-refractivity contribution in [1.82, 2.24) is 25.2 Å². The van der Waals surface area contributed by atoms with Crippen LogP contribution in [0.5, 0.6) is 5.75 Å². The van der Waals surface area contributed by atoms with Crippen LogP contribution in [-0.4, -0.2) is 70.6 Å². The van der Waals surface area contributed by atoms with Crippen molar-refractivity contribution in [2.24, 2.45) is 0 Å². The molecule has 0 spiro atoms. The number of hydrazine groups is 1. The summed E-state index contributed by atoms with van der Waals surface area (Å²) in [5.74, 6) is 1.10. The minimum atomic E-state index is 0.120. The lowest BCUT2D eigenvalue weighted by Crippen LogP contribution is -2.49. The molecule has 1 aromatic carbocycles. The summed E-state index contributed by atoms with van der Waals surface area (Å²) >= 11 is 0. The molecule has 5 rings (SSSR count). The number of aryl methyl sites for hydroxylation is 1. The van der Waals surface area contributed by atoms with Crippen LogP contribution in [0, 0.1) is 13.8 Å². The summed E-state index contributed by atoms with van der Waals surface area (Å²) in [5.41, 5.74) is 8.91. The Morgan fingerprint density at radius 1 is 1.17 bits per heavy atom. The highest BCUT2D eigenvalue weighted by molar-refractivity contribution is 5.94. The van der Waals surface area contributed by atoms with Gasteiger partial charge in [0.2, 0.25) is 0 Å². The number of nitrogens with one attached hydrogen (secondary N) is 1. The van der Waals surface area contributed by atoms with Crippen LogP contribution in [0.4, 0.5) is 0 Å². The van der Waals surface area contributed by atoms with Gasteiger partial charge in [-0.15, -0.1) is 0 Å². The predicted octanol–water partition coefficient (Wildman–Crippen LogP) is 4.02. The van der Waals surface area contributed by atoms with Gasteiger partial charge in [-0.25, -0.2) is 5.43 Å². The molecule has 2 saturated heterocycles. The van der Waals surface area contributed by atoms with E-state index in [1.807, 2.05) is 12.1 Å². The van der Waals surface area contributed by atoms with Gasteiger partial charge in [0, 0.05) is 68.8 Å². The minimum Gasteiger partial charge on any atom is -0.493 e. The Morgan fingerprint density at radius 3 is 2.69 bits per heavy atom. The number of pyridine rings is 1. The Balaban J connectivity index is 1.18. The van der Waals surface area contributed by atoms with E-state index in [0.29, 0.717) is 24.3 Å². The van der Waals surface area contributed by atoms with Gasteiger partial charge in [-0.3, -0.25) is 14.7 Å². The Hall–Kier alpha value is -2.90. The highest BCUT2D eigenvalue weighted by Gasteiger charge is 2.47. The second kappa shape index (κ2) is 10.6. The largest absolute Gasteiger partial charge is 0.493 e. The third kappa shape index (κ3) is 4.87. The molecule has 0 aliphatic carbocycles. The maximum Gasteiger partial charge on any atom is 0.255 e. The lowest BCUT2D eigenvalue weighted by Gasteiger charge is -2.38. The smallest absolute Gasteiger partial charge is 0.255 e. The van der Waals surface area contributed by atoms with Crippen molar-refractivity contribution >= 4 is 5.91 Å². The molecule has 3 atom stereocenters. The SMILES string of the molecule is CCc1ccc(C(=O)N2C[C@@H]3C[C@H]2CN3[C@@H](C)c2ccc(OCCCN3C=CCN3)c(C)c2C)cn1. The topological polar surface area (TPSA) is 60.9 Å². The zero-order chi connectivity index (χ0) is 25.2. The molecule has 3 aliphatic rings. The Kier molecular flexibility index (Phi) is 7.30. The Morgan fingerprint density at radius 2 is 2.03 bits per heavy atom. The maximum absolute atomic E-state index is 13.1. The number of nitrogens with zero attached hydrogens (tertiary/aromatic N) is 4. The third-order valence-electron chi connectivity index (χ3n) is 8.20. The zero-order valence-corrected chi connectivity index (χ0v) is 22.0. The van der Waals surface area contributed by atoms with Gasteiger partial charge < -0.3 is 14.6 Å². The number of hydrogen-bond acceptors (Lipinski definition) is 6. The second-order valence-electron chi connectivity index (χ2n) is 10.3. The van der Waals surface area contributed by atoms with Crippen molar-refractivity contribution in [3.05, 3.63) is 70.7 Å². The number of amides is 1. The lowest BCUT2D eigenvalue weighted by molar-refractivity contribution is 0.0568. The van der Waals surface area contributed by atoms with Gasteiger partial charge in [0.25, 0.3) is 5.91 Å². The van der Waals surface area contributed by atoms with Gasteiger partial charge in [-0.05, 0) is 68.5 Å². The van der Waals surface area contributed by atoms with Crippen molar-refractivity contribution in [2.45, 2.75) is 65.1 Å². The molecule has 4 heterocycles. The van der Waals surface area contributed by atoms with E-state index in [2.05, 4.69) is 77.3 Å². The fraction of sp³-hybridized carbons (Fsp3) is 0.517. The fourth-order valence-corrected chi connectivity index (χ4v) is 5.92. The highest BCUT2D eigenvalue weighted by atomic mass is 16.5. The average Bonchev–Trinajstić information content (AvgIpc) is 3.66. The van der Waals surface area contributed by atoms with Gasteiger partial charge in [0.1, 0.15) is 5.75 Å². The summed E-state index contributed by atoms with van der Waals surface area (Å²) in [6, 6.07) is 9.26. The van der Waals surface area contributed by atoms with E-state index in [4.69, 9.17) is 4.74 Å². The molecule has 1 aromatic heterocycles. The summed E-state index contributed by atoms with van der Waals surface area (Å²) in [5, 5.41) is 2.11. The van der Waals surface area contributed by atoms with E-state index < -0.39 is 0 Å². The molecule has 3 aliphatic heterocycles. The summed E-state index contributed by atoms with van der Waals surface area (Å²) in [6.45, 7) is 13.0. The molecule has 2 bridgehead atoms. The van der Waals surface area contributed by atoms with Crippen molar-refractivity contribution in [1.29, 1.82) is 0 Å². The number of ether oxygens (including phenoxy) is 1. The van der Waals surface area contributed by atoms with E-state index in [0.717, 1.165) is 56.9 Å². The van der Waals surface area contributed by atoms with Gasteiger partial charge >= 0.3 is 0 Å². The molecule has 7 heteroatoms. The van der Waals surface area contributed by atoms with Crippen molar-refractivity contribution in [3.8, 4) is 5.75 Å². The molecule has 2 fully saturated rings. The van der Waals surface area contributed by atoms with E-state index in [1.54, 1.807) is 6.20 Å². The first-order valence-corrected chi connectivity index (χ1v) is 13.4. The van der Waals surface area contributed by atoms with E-state index >= 15 is 0 Å². The molecule has 1 amide bonds. The molecule has 0 unspecified atom stereocenters. The van der Waals surface area contributed by atoms with Gasteiger partial charge in [-0.1, -0.05) is 19.1 Å². The number of benzene rings is 1. The molecule has 192 valence electrons. The normalized spacial score (nSPS) is 22.0. The molecule has 1 N–H and O–H groups in total. The first-order chi connectivity index (χ1) is 17.5. The Labute approximate surface area is 215 Å². The van der Waals surface area contributed by atoms with Crippen molar-refractivity contribution in [2.75, 3.05) is 32.8 Å². The number of piperazine rings is 1. The maximum atomic E-state index is 13.1. The van der Waals surface area contributed by atoms with Crippen LogP contribution >= 0.6 is 0 Å². The number of likely N-dealkylation sites (tertiary alicyclic amines) is 2. The van der Waals surface area contributed by atoms with E-state index in [9.17, 15) is 4.79 Å². The molecule has 7 nitrogen and oxygen atoms in total. The standard InChI is InChI=1S/C29H39N5O2/c1-5-24-9-8-23(17-30-24)29(35)34-19-25-16-26(34)18-33(25)22(4)27-10-11-28(21(3)20(27)2)36-15-7-14-32-13-6-12-31-32/h6,8-11,13,17,22,25-26,31H,5,7,12,14-16,18-19H2,1-4H3/t22-,25-,26-/m0/s1. The third-order valence-corrected chi connectivity index (χ3v) is 8.20. The summed E-state index contributed by atoms with van der Waals surface area (Å²) in [4.78, 5) is 22.2. The first kappa shape index (κ1) is 24.8. The molecular weight excluding hydrogens is 450 g/mol. The number of aromatic nitrogens is 1. The van der Waals surface area contributed by atoms with Gasteiger partial charge in [0.05, 0.1) is 12.2 Å². The summed E-state index contributed by atoms with van der Waals surface area (Å²) < 4.78 is 6.14. The van der Waals surface area contributed by atoms with Crippen LogP contribution in [0.1, 0.15) is 65.5 Å². The minimum absolute atomic E-state index is 0.120. The second-order valence-corrected chi connectivity index (χ2v) is 10.3. The molecule has 0 saturated carbocycles. The van der Waals surface area contributed by atoms with Crippen LogP contribution in [0.2, 0.25) is 0 Å². The lowest BCUT2D eigenvalue weighted by atomic mass is 9.96. The van der Waals surface area contributed by atoms with Crippen LogP contribution in [0.15, 0.2) is 42.7 Å². The van der Waals surface area contributed by atoms with Crippen LogP contribution in [0.3, 0.4) is 0 Å². The van der Waals surface area contributed by atoms with Crippen LogP contribution < -0.4 is 10.2 Å². The van der Waals surface area contributed by atoms with Crippen LogP contribution in [-0.2, 0) is 6.42 Å². The van der Waals surface area contributed by atoms with E-state index in [-0.39, 0.29) is 11.9 Å². The monoisotopic (exact) mass is 489 g/mol. The first-order valence-electron chi connectivity index (χ1n) is 13.4. The highest BCUT2D eigenvalue weighted by Crippen LogP contribution is 2.39. The molecule has 36 heavy (non-hydrogen) atoms. The molecular formula is C29H39N5O2. The van der Waals surface area contributed by atoms with Gasteiger partial charge in [0.15, 0.2) is 0 Å². The number of hydrogen-bond donors (Lipinski definition) is 1. The van der Waals surface area contributed by atoms with E-state index in [1.165, 1.54) is 16.7 Å². The Bertz CT molecular complexity index is 1120. The zero-order valence-electron chi connectivity index (χ0n) is 22.0. The average molecular weight is 490 g/mol. The van der Waals surface area contributed by atoms with Crippen molar-refractivity contribution < 1.29 is 9.53 Å². The molecule has 2 aromatic rings. The number of carbonyl (C=O) groups excluding carboxylic acids is 1. The van der Waals surface area contributed by atoms with Gasteiger partial charge in [-0.2, -0.15) is 0 Å². The van der Waals surface area contributed by atoms with Crippen LogP contribution in [0.25, 0.3) is 0 Å². The summed E-state index contributed by atoms with van der Waals surface area (Å²) in [6.07, 6.45) is 8.86. The number of rotatable bonds is 9. The number of carbonyl (C=O) groups is 1. The summed E-state index contributed by atoms with van der Waals surface area (Å²) in [7, 11) is 0. The molecule has 0 radical (unpaired) electrons. The fourth-order valence-electron chi connectivity index (χ4n) is 5.92. The quantitative estimate of drug-likeness (QED) is 0.537. The predicted molar refractivity (Wildman–Crippen MR) is 142 cm³/mol. The van der Waals surface area contributed by atoms with Crippen molar-refractivity contribution in [3.63, 3.8) is 0 Å². The number of fused-ring (bicyclic) bond motifs is 2.